The smallest absolute Gasteiger partial charge is 0.191 e. The van der Waals surface area contributed by atoms with Gasteiger partial charge in [0.15, 0.2) is 11.8 Å². The second kappa shape index (κ2) is 11.0. The molecule has 1 atom stereocenters. The number of rotatable bonds is 9. The summed E-state index contributed by atoms with van der Waals surface area (Å²) in [6.07, 6.45) is 4.99. The molecule has 1 aliphatic rings. The fourth-order valence-corrected chi connectivity index (χ4v) is 3.44. The Morgan fingerprint density at radius 3 is 2.69 bits per heavy atom. The van der Waals surface area contributed by atoms with Crippen LogP contribution in [0.5, 0.6) is 0 Å². The standard InChI is InChI=1S/C22H34N6O/c1-17(15-29-16-19-9-5-4-6-10-19)13-23-22(25-20-11-7-8-12-20)24-14-21-27-26-18(2)28(21)3/h4-6,9-10,17,20H,7-8,11-16H2,1-3H3,(H2,23,24,25). The van der Waals surface area contributed by atoms with Crippen molar-refractivity contribution in [3.8, 4) is 0 Å². The van der Waals surface area contributed by atoms with Gasteiger partial charge in [-0.15, -0.1) is 10.2 Å². The second-order valence-electron chi connectivity index (χ2n) is 8.00. The average molecular weight is 399 g/mol. The highest BCUT2D eigenvalue weighted by Crippen LogP contribution is 2.17. The molecule has 0 radical (unpaired) electrons. The molecule has 7 heteroatoms. The number of ether oxygens (including phenoxy) is 1. The summed E-state index contributed by atoms with van der Waals surface area (Å²) in [4.78, 5) is 4.76. The van der Waals surface area contributed by atoms with Crippen LogP contribution >= 0.6 is 0 Å². The summed E-state index contributed by atoms with van der Waals surface area (Å²) in [6, 6.07) is 10.8. The summed E-state index contributed by atoms with van der Waals surface area (Å²) in [5.41, 5.74) is 1.21. The van der Waals surface area contributed by atoms with Gasteiger partial charge >= 0.3 is 0 Å². The fourth-order valence-electron chi connectivity index (χ4n) is 3.44. The molecule has 1 unspecified atom stereocenters. The van der Waals surface area contributed by atoms with Crippen molar-refractivity contribution in [3.63, 3.8) is 0 Å². The van der Waals surface area contributed by atoms with Gasteiger partial charge in [-0.25, -0.2) is 4.99 Å². The van der Waals surface area contributed by atoms with Crippen molar-refractivity contribution in [1.82, 2.24) is 25.4 Å². The van der Waals surface area contributed by atoms with Crippen LogP contribution < -0.4 is 10.6 Å². The molecule has 1 saturated carbocycles. The van der Waals surface area contributed by atoms with Crippen molar-refractivity contribution in [2.45, 2.75) is 58.7 Å². The molecule has 158 valence electrons. The molecule has 0 saturated heterocycles. The van der Waals surface area contributed by atoms with Gasteiger partial charge in [-0.05, 0) is 31.2 Å². The van der Waals surface area contributed by atoms with Crippen LogP contribution in [0.1, 0.15) is 49.8 Å². The predicted molar refractivity (Wildman–Crippen MR) is 116 cm³/mol. The lowest BCUT2D eigenvalue weighted by atomic mass is 10.2. The Kier molecular flexibility index (Phi) is 8.04. The molecule has 29 heavy (non-hydrogen) atoms. The topological polar surface area (TPSA) is 76.4 Å². The Labute approximate surface area is 174 Å². The monoisotopic (exact) mass is 398 g/mol. The first-order valence-corrected chi connectivity index (χ1v) is 10.6. The number of aliphatic imine (C=N–C) groups is 1. The number of guanidine groups is 1. The Balaban J connectivity index is 1.48. The SMILES string of the molecule is Cc1nnc(CN=C(NCC(C)COCc2ccccc2)NC2CCCC2)n1C. The number of hydrogen-bond donors (Lipinski definition) is 2. The van der Waals surface area contributed by atoms with E-state index in [1.54, 1.807) is 0 Å². The highest BCUT2D eigenvalue weighted by Gasteiger charge is 2.17. The van der Waals surface area contributed by atoms with Crippen LogP contribution in [0, 0.1) is 12.8 Å². The molecule has 3 rings (SSSR count). The Hall–Kier alpha value is -2.41. The molecule has 1 heterocycles. The summed E-state index contributed by atoms with van der Waals surface area (Å²) in [5.74, 6) is 3.01. The zero-order valence-corrected chi connectivity index (χ0v) is 17.9. The van der Waals surface area contributed by atoms with Crippen molar-refractivity contribution in [2.24, 2.45) is 18.0 Å². The average Bonchev–Trinajstić information content (AvgIpc) is 3.35. The Bertz CT molecular complexity index is 767. The first kappa shape index (κ1) is 21.3. The van der Waals surface area contributed by atoms with Gasteiger partial charge in [0.2, 0.25) is 0 Å². The van der Waals surface area contributed by atoms with Crippen molar-refractivity contribution >= 4 is 5.96 Å². The maximum Gasteiger partial charge on any atom is 0.191 e. The molecular weight excluding hydrogens is 364 g/mol. The van der Waals surface area contributed by atoms with Gasteiger partial charge < -0.3 is 19.9 Å². The summed E-state index contributed by atoms with van der Waals surface area (Å²) >= 11 is 0. The number of hydrogen-bond acceptors (Lipinski definition) is 4. The first-order valence-electron chi connectivity index (χ1n) is 10.6. The highest BCUT2D eigenvalue weighted by atomic mass is 16.5. The van der Waals surface area contributed by atoms with Crippen LogP contribution in [0.3, 0.4) is 0 Å². The van der Waals surface area contributed by atoms with Crippen LogP contribution in [-0.2, 0) is 24.9 Å². The van der Waals surface area contributed by atoms with Gasteiger partial charge in [-0.1, -0.05) is 50.1 Å². The third kappa shape index (κ3) is 6.85. The summed E-state index contributed by atoms with van der Waals surface area (Å²) in [7, 11) is 1.98. The van der Waals surface area contributed by atoms with Crippen molar-refractivity contribution in [1.29, 1.82) is 0 Å². The lowest BCUT2D eigenvalue weighted by molar-refractivity contribution is 0.0931. The summed E-state index contributed by atoms with van der Waals surface area (Å²) in [6.45, 7) is 6.83. The van der Waals surface area contributed by atoms with Gasteiger partial charge in [-0.2, -0.15) is 0 Å². The quantitative estimate of drug-likeness (QED) is 0.502. The van der Waals surface area contributed by atoms with Crippen LogP contribution in [-0.4, -0.2) is 39.9 Å². The largest absolute Gasteiger partial charge is 0.376 e. The third-order valence-corrected chi connectivity index (χ3v) is 5.39. The number of nitrogens with one attached hydrogen (secondary N) is 2. The normalized spacial score (nSPS) is 16.2. The molecule has 0 amide bonds. The molecular formula is C22H34N6O. The molecule has 2 aromatic rings. The van der Waals surface area contributed by atoms with E-state index in [0.29, 0.717) is 31.7 Å². The Morgan fingerprint density at radius 2 is 2.00 bits per heavy atom. The zero-order chi connectivity index (χ0) is 20.5. The molecule has 1 fully saturated rings. The van der Waals surface area contributed by atoms with Crippen molar-refractivity contribution in [2.75, 3.05) is 13.2 Å². The van der Waals surface area contributed by atoms with Crippen molar-refractivity contribution < 1.29 is 4.74 Å². The molecule has 0 aliphatic heterocycles. The van der Waals surface area contributed by atoms with E-state index >= 15 is 0 Å². The molecule has 1 aromatic heterocycles. The van der Waals surface area contributed by atoms with Gasteiger partial charge in [-0.3, -0.25) is 0 Å². The molecule has 7 nitrogen and oxygen atoms in total. The van der Waals surface area contributed by atoms with E-state index in [1.807, 2.05) is 36.7 Å². The summed E-state index contributed by atoms with van der Waals surface area (Å²) < 4.78 is 7.86. The minimum atomic E-state index is 0.381. The minimum Gasteiger partial charge on any atom is -0.376 e. The van der Waals surface area contributed by atoms with Gasteiger partial charge in [0.25, 0.3) is 0 Å². The van der Waals surface area contributed by atoms with E-state index in [4.69, 9.17) is 9.73 Å². The van der Waals surface area contributed by atoms with Crippen LogP contribution in [0.25, 0.3) is 0 Å². The van der Waals surface area contributed by atoms with E-state index in [1.165, 1.54) is 31.2 Å². The predicted octanol–water partition coefficient (Wildman–Crippen LogP) is 2.95. The van der Waals surface area contributed by atoms with Crippen molar-refractivity contribution in [3.05, 3.63) is 47.5 Å². The van der Waals surface area contributed by atoms with E-state index in [9.17, 15) is 0 Å². The number of aryl methyl sites for hydroxylation is 1. The zero-order valence-electron chi connectivity index (χ0n) is 17.9. The van der Waals surface area contributed by atoms with E-state index in [2.05, 4.69) is 39.9 Å². The van der Waals surface area contributed by atoms with E-state index < -0.39 is 0 Å². The molecule has 1 aromatic carbocycles. The number of benzene rings is 1. The first-order chi connectivity index (χ1) is 14.1. The van der Waals surface area contributed by atoms with Crippen LogP contribution in [0.2, 0.25) is 0 Å². The highest BCUT2D eigenvalue weighted by molar-refractivity contribution is 5.80. The molecule has 2 N–H and O–H groups in total. The third-order valence-electron chi connectivity index (χ3n) is 5.39. The van der Waals surface area contributed by atoms with E-state index in [0.717, 1.165) is 24.2 Å². The molecule has 0 bridgehead atoms. The number of nitrogens with zero attached hydrogens (tertiary/aromatic N) is 4. The van der Waals surface area contributed by atoms with E-state index in [-0.39, 0.29) is 0 Å². The lowest BCUT2D eigenvalue weighted by Crippen LogP contribution is -2.44. The summed E-state index contributed by atoms with van der Waals surface area (Å²) in [5, 5.41) is 15.4. The maximum atomic E-state index is 5.87. The second-order valence-corrected chi connectivity index (χ2v) is 8.00. The Morgan fingerprint density at radius 1 is 1.24 bits per heavy atom. The van der Waals surface area contributed by atoms with Crippen LogP contribution in [0.4, 0.5) is 0 Å². The lowest BCUT2D eigenvalue weighted by Gasteiger charge is -2.20. The van der Waals surface area contributed by atoms with Gasteiger partial charge in [0.05, 0.1) is 13.2 Å². The minimum absolute atomic E-state index is 0.381. The van der Waals surface area contributed by atoms with Gasteiger partial charge in [0.1, 0.15) is 12.4 Å². The number of aromatic nitrogens is 3. The molecule has 0 spiro atoms. The van der Waals surface area contributed by atoms with Gasteiger partial charge in [0, 0.05) is 19.6 Å². The van der Waals surface area contributed by atoms with Crippen LogP contribution in [0.15, 0.2) is 35.3 Å². The maximum absolute atomic E-state index is 5.87. The fraction of sp³-hybridized carbons (Fsp3) is 0.591. The molecule has 1 aliphatic carbocycles.